The highest BCUT2D eigenvalue weighted by atomic mass is 32.2. The Morgan fingerprint density at radius 3 is 1.46 bits per heavy atom. The number of methoxy groups -OCH3 is 1. The highest BCUT2D eigenvalue weighted by Crippen LogP contribution is 2.24. The van der Waals surface area contributed by atoms with Crippen LogP contribution >= 0.6 is 0 Å². The first-order chi connectivity index (χ1) is 12.5. The van der Waals surface area contributed by atoms with Gasteiger partial charge in [-0.1, -0.05) is 35.4 Å². The zero-order valence-corrected chi connectivity index (χ0v) is 15.8. The standard InChI is InChI=1S/C13H12O4S.C8H10/c1-16-10-2-4-11(5-3-10)17-12-6-8-13(9-7-12)18(14)15;1-7-3-5-8(2)6-4-7/h2-9H,1H3,(H,14,15);3-6H,1-2H3/p-1. The number of hydrogen-bond donors (Lipinski definition) is 0. The monoisotopic (exact) mass is 369 g/mol. The fourth-order valence-corrected chi connectivity index (χ4v) is 2.39. The predicted molar refractivity (Wildman–Crippen MR) is 103 cm³/mol. The number of benzene rings is 3. The number of rotatable bonds is 4. The largest absolute Gasteiger partial charge is 0.768 e. The summed E-state index contributed by atoms with van der Waals surface area (Å²) < 4.78 is 32.0. The van der Waals surface area contributed by atoms with Crippen LogP contribution in [0.15, 0.2) is 77.7 Å². The Morgan fingerprint density at radius 1 is 0.692 bits per heavy atom. The third-order valence-corrected chi connectivity index (χ3v) is 4.19. The minimum absolute atomic E-state index is 0.233. The molecule has 0 amide bonds. The summed E-state index contributed by atoms with van der Waals surface area (Å²) in [4.78, 5) is 0.233. The first-order valence-corrected chi connectivity index (χ1v) is 9.10. The Labute approximate surface area is 156 Å². The van der Waals surface area contributed by atoms with Crippen LogP contribution in [0, 0.1) is 13.8 Å². The predicted octanol–water partition coefficient (Wildman–Crippen LogP) is 5.03. The van der Waals surface area contributed by atoms with Crippen LogP contribution in [-0.2, 0) is 11.1 Å². The van der Waals surface area contributed by atoms with E-state index in [1.807, 2.05) is 0 Å². The highest BCUT2D eigenvalue weighted by Gasteiger charge is 1.99. The minimum atomic E-state index is -2.21. The van der Waals surface area contributed by atoms with Gasteiger partial charge in [-0.25, -0.2) is 0 Å². The molecule has 5 heteroatoms. The van der Waals surface area contributed by atoms with Crippen LogP contribution < -0.4 is 9.47 Å². The molecule has 3 aromatic carbocycles. The SMILES string of the molecule is COc1ccc(Oc2ccc(S(=O)[O-])cc2)cc1.Cc1ccc(C)cc1. The molecule has 1 unspecified atom stereocenters. The molecule has 0 N–H and O–H groups in total. The second-order valence-corrected chi connectivity index (χ2v) is 6.58. The first kappa shape index (κ1) is 19.7. The summed E-state index contributed by atoms with van der Waals surface area (Å²) in [7, 11) is 1.59. The molecule has 0 heterocycles. The van der Waals surface area contributed by atoms with Crippen LogP contribution in [0.2, 0.25) is 0 Å². The van der Waals surface area contributed by atoms with Crippen molar-refractivity contribution in [2.45, 2.75) is 18.7 Å². The molecular weight excluding hydrogens is 348 g/mol. The van der Waals surface area contributed by atoms with Gasteiger partial charge in [-0.2, -0.15) is 0 Å². The Morgan fingerprint density at radius 2 is 1.08 bits per heavy atom. The van der Waals surface area contributed by atoms with Gasteiger partial charge < -0.3 is 14.0 Å². The summed E-state index contributed by atoms with van der Waals surface area (Å²) in [5.74, 6) is 1.99. The van der Waals surface area contributed by atoms with Gasteiger partial charge in [0.1, 0.15) is 17.2 Å². The van der Waals surface area contributed by atoms with Crippen molar-refractivity contribution in [2.24, 2.45) is 0 Å². The van der Waals surface area contributed by atoms with Crippen LogP contribution in [0.1, 0.15) is 11.1 Å². The van der Waals surface area contributed by atoms with Crippen molar-refractivity contribution in [1.82, 2.24) is 0 Å². The summed E-state index contributed by atoms with van der Waals surface area (Å²) in [6, 6.07) is 21.8. The van der Waals surface area contributed by atoms with Gasteiger partial charge in [0.15, 0.2) is 0 Å². The first-order valence-electron chi connectivity index (χ1n) is 8.02. The van der Waals surface area contributed by atoms with Crippen molar-refractivity contribution in [3.05, 3.63) is 83.9 Å². The lowest BCUT2D eigenvalue weighted by molar-refractivity contribution is 0.413. The van der Waals surface area contributed by atoms with Gasteiger partial charge >= 0.3 is 0 Å². The van der Waals surface area contributed by atoms with Crippen molar-refractivity contribution >= 4 is 11.1 Å². The summed E-state index contributed by atoms with van der Waals surface area (Å²) in [6.45, 7) is 4.19. The van der Waals surface area contributed by atoms with E-state index < -0.39 is 11.1 Å². The topological polar surface area (TPSA) is 58.6 Å². The summed E-state index contributed by atoms with van der Waals surface area (Å²) >= 11 is -2.21. The van der Waals surface area contributed by atoms with Crippen molar-refractivity contribution in [3.8, 4) is 17.2 Å². The zero-order chi connectivity index (χ0) is 18.9. The smallest absolute Gasteiger partial charge is 0.127 e. The van der Waals surface area contributed by atoms with Crippen LogP contribution in [0.5, 0.6) is 17.2 Å². The highest BCUT2D eigenvalue weighted by molar-refractivity contribution is 7.79. The average molecular weight is 369 g/mol. The molecule has 3 aromatic rings. The van der Waals surface area contributed by atoms with Gasteiger partial charge in [-0.3, -0.25) is 4.21 Å². The second kappa shape index (κ2) is 9.75. The van der Waals surface area contributed by atoms with E-state index in [9.17, 15) is 8.76 Å². The summed E-state index contributed by atoms with van der Waals surface area (Å²) in [5, 5.41) is 0. The van der Waals surface area contributed by atoms with Gasteiger partial charge in [0.05, 0.1) is 7.11 Å². The van der Waals surface area contributed by atoms with Gasteiger partial charge in [0, 0.05) is 4.90 Å². The van der Waals surface area contributed by atoms with Crippen LogP contribution in [-0.4, -0.2) is 15.9 Å². The van der Waals surface area contributed by atoms with Crippen molar-refractivity contribution < 1.29 is 18.2 Å². The van der Waals surface area contributed by atoms with E-state index >= 15 is 0 Å². The Kier molecular flexibility index (Phi) is 7.38. The Hall–Kier alpha value is -2.63. The maximum Gasteiger partial charge on any atom is 0.127 e. The van der Waals surface area contributed by atoms with Crippen LogP contribution in [0.3, 0.4) is 0 Å². The summed E-state index contributed by atoms with van der Waals surface area (Å²) in [5.41, 5.74) is 2.66. The number of hydrogen-bond acceptors (Lipinski definition) is 4. The van der Waals surface area contributed by atoms with E-state index in [2.05, 4.69) is 38.1 Å². The van der Waals surface area contributed by atoms with Crippen LogP contribution in [0.4, 0.5) is 0 Å². The van der Waals surface area contributed by atoms with E-state index in [1.54, 1.807) is 43.5 Å². The fraction of sp³-hybridized carbons (Fsp3) is 0.143. The lowest BCUT2D eigenvalue weighted by Crippen LogP contribution is -1.89. The van der Waals surface area contributed by atoms with Gasteiger partial charge in [0.2, 0.25) is 0 Å². The molecule has 0 aromatic heterocycles. The molecule has 0 bridgehead atoms. The molecule has 136 valence electrons. The van der Waals surface area contributed by atoms with E-state index in [0.29, 0.717) is 11.5 Å². The summed E-state index contributed by atoms with van der Waals surface area (Å²) in [6.07, 6.45) is 0. The maximum absolute atomic E-state index is 10.7. The van der Waals surface area contributed by atoms with Crippen molar-refractivity contribution in [3.63, 3.8) is 0 Å². The molecule has 1 atom stereocenters. The molecule has 0 fully saturated rings. The Bertz CT molecular complexity index is 804. The maximum atomic E-state index is 10.7. The van der Waals surface area contributed by atoms with Gasteiger partial charge in [0.25, 0.3) is 0 Å². The molecule has 3 rings (SSSR count). The molecule has 0 aliphatic heterocycles. The molecule has 0 spiro atoms. The van der Waals surface area contributed by atoms with E-state index in [0.717, 1.165) is 5.75 Å². The zero-order valence-electron chi connectivity index (χ0n) is 15.0. The fourth-order valence-electron chi connectivity index (χ4n) is 2.04. The van der Waals surface area contributed by atoms with E-state index in [-0.39, 0.29) is 4.90 Å². The molecule has 26 heavy (non-hydrogen) atoms. The lowest BCUT2D eigenvalue weighted by atomic mass is 10.2. The molecule has 0 aliphatic rings. The molecule has 4 nitrogen and oxygen atoms in total. The molecule has 0 aliphatic carbocycles. The average Bonchev–Trinajstić information content (AvgIpc) is 2.66. The van der Waals surface area contributed by atoms with E-state index in [4.69, 9.17) is 9.47 Å². The molecular formula is C21H21O4S-. The normalized spacial score (nSPS) is 11.1. The molecule has 0 saturated carbocycles. The molecule has 0 saturated heterocycles. The minimum Gasteiger partial charge on any atom is -0.768 e. The Balaban J connectivity index is 0.000000254. The van der Waals surface area contributed by atoms with Crippen molar-refractivity contribution in [2.75, 3.05) is 7.11 Å². The third-order valence-electron chi connectivity index (χ3n) is 3.53. The quantitative estimate of drug-likeness (QED) is 0.605. The van der Waals surface area contributed by atoms with E-state index in [1.165, 1.54) is 23.3 Å². The lowest BCUT2D eigenvalue weighted by Gasteiger charge is -2.08. The van der Waals surface area contributed by atoms with Gasteiger partial charge in [-0.05, 0) is 73.5 Å². The number of ether oxygens (including phenoxy) is 2. The van der Waals surface area contributed by atoms with Crippen LogP contribution in [0.25, 0.3) is 0 Å². The number of aryl methyl sites for hydroxylation is 2. The second-order valence-electron chi connectivity index (χ2n) is 5.64. The van der Waals surface area contributed by atoms with Gasteiger partial charge in [-0.15, -0.1) is 0 Å². The molecule has 0 radical (unpaired) electrons. The van der Waals surface area contributed by atoms with Crippen molar-refractivity contribution in [1.29, 1.82) is 0 Å². The third kappa shape index (κ3) is 6.35.